The van der Waals surface area contributed by atoms with Gasteiger partial charge < -0.3 is 4.74 Å². The van der Waals surface area contributed by atoms with Crippen LogP contribution in [0.4, 0.5) is 0 Å². The van der Waals surface area contributed by atoms with Gasteiger partial charge in [-0.25, -0.2) is 0 Å². The summed E-state index contributed by atoms with van der Waals surface area (Å²) in [5.41, 5.74) is 1.23. The predicted molar refractivity (Wildman–Crippen MR) is 62.9 cm³/mol. The van der Waals surface area contributed by atoms with Crippen LogP contribution in [-0.4, -0.2) is 30.6 Å². The highest BCUT2D eigenvalue weighted by molar-refractivity contribution is 9.11. The van der Waals surface area contributed by atoms with E-state index in [1.165, 1.54) is 5.56 Å². The minimum atomic E-state index is -0.0909. The van der Waals surface area contributed by atoms with Gasteiger partial charge in [-0.2, -0.15) is 0 Å². The van der Waals surface area contributed by atoms with Crippen LogP contribution in [0.25, 0.3) is 0 Å². The van der Waals surface area contributed by atoms with Crippen LogP contribution < -0.4 is 0 Å². The lowest BCUT2D eigenvalue weighted by Gasteiger charge is -2.19. The second kappa shape index (κ2) is 4.63. The number of likely N-dealkylation sites (N-methyl/N-ethyl adjacent to an activating group) is 1. The molecule has 5 heteroatoms. The minimum Gasteiger partial charge on any atom is -0.464 e. The van der Waals surface area contributed by atoms with Crippen molar-refractivity contribution in [1.29, 1.82) is 0 Å². The smallest absolute Gasteiger partial charge is 0.323 e. The van der Waals surface area contributed by atoms with Crippen LogP contribution in [0.2, 0.25) is 0 Å². The number of hydrogen-bond donors (Lipinski definition) is 0. The van der Waals surface area contributed by atoms with Crippen molar-refractivity contribution in [2.75, 3.05) is 13.7 Å². The molecular formula is C10H12BrNO2S. The first kappa shape index (κ1) is 11.1. The number of rotatable bonds is 3. The molecule has 2 rings (SSSR count). The molecule has 15 heavy (non-hydrogen) atoms. The van der Waals surface area contributed by atoms with Crippen molar-refractivity contribution < 1.29 is 9.53 Å². The van der Waals surface area contributed by atoms with Gasteiger partial charge in [0.2, 0.25) is 0 Å². The third kappa shape index (κ3) is 2.59. The third-order valence-electron chi connectivity index (χ3n) is 2.49. The number of ether oxygens (including phenoxy) is 1. The Kier molecular flexibility index (Phi) is 3.43. The van der Waals surface area contributed by atoms with Gasteiger partial charge in [-0.15, -0.1) is 11.3 Å². The summed E-state index contributed by atoms with van der Waals surface area (Å²) in [5.74, 6) is -0.0909. The Hall–Kier alpha value is -0.390. The zero-order valence-corrected chi connectivity index (χ0v) is 10.8. The van der Waals surface area contributed by atoms with Gasteiger partial charge in [0.25, 0.3) is 0 Å². The van der Waals surface area contributed by atoms with Crippen molar-refractivity contribution in [3.8, 4) is 0 Å². The lowest BCUT2D eigenvalue weighted by atomic mass is 10.2. The molecule has 1 aliphatic heterocycles. The van der Waals surface area contributed by atoms with E-state index < -0.39 is 0 Å². The fraction of sp³-hybridized carbons (Fsp3) is 0.500. The van der Waals surface area contributed by atoms with E-state index in [0.717, 1.165) is 16.8 Å². The molecule has 1 aromatic rings. The van der Waals surface area contributed by atoms with Gasteiger partial charge in [0, 0.05) is 13.0 Å². The fourth-order valence-electron chi connectivity index (χ4n) is 1.71. The third-order valence-corrected chi connectivity index (χ3v) is 4.05. The van der Waals surface area contributed by atoms with E-state index in [1.54, 1.807) is 11.3 Å². The molecule has 0 saturated carbocycles. The Morgan fingerprint density at radius 1 is 1.73 bits per heavy atom. The highest BCUT2D eigenvalue weighted by atomic mass is 79.9. The zero-order chi connectivity index (χ0) is 10.8. The van der Waals surface area contributed by atoms with Crippen molar-refractivity contribution in [3.05, 3.63) is 20.8 Å². The molecule has 0 aromatic carbocycles. The molecule has 0 amide bonds. The molecular weight excluding hydrogens is 278 g/mol. The summed E-state index contributed by atoms with van der Waals surface area (Å²) < 4.78 is 6.07. The van der Waals surface area contributed by atoms with E-state index in [4.69, 9.17) is 4.74 Å². The number of thiophene rings is 1. The van der Waals surface area contributed by atoms with E-state index in [2.05, 4.69) is 27.4 Å². The number of hydrogen-bond acceptors (Lipinski definition) is 4. The quantitative estimate of drug-likeness (QED) is 0.800. The molecule has 1 aromatic heterocycles. The molecule has 1 aliphatic rings. The Morgan fingerprint density at radius 2 is 2.53 bits per heavy atom. The summed E-state index contributed by atoms with van der Waals surface area (Å²) in [6.45, 7) is 1.35. The highest BCUT2D eigenvalue weighted by Crippen LogP contribution is 2.23. The number of halogens is 1. The highest BCUT2D eigenvalue weighted by Gasteiger charge is 2.30. The Balaban J connectivity index is 1.97. The average Bonchev–Trinajstić information content (AvgIpc) is 2.75. The molecule has 1 fully saturated rings. The molecule has 0 radical (unpaired) electrons. The monoisotopic (exact) mass is 289 g/mol. The number of nitrogens with zero attached hydrogens (tertiary/aromatic N) is 1. The topological polar surface area (TPSA) is 29.5 Å². The van der Waals surface area contributed by atoms with E-state index in [-0.39, 0.29) is 12.0 Å². The van der Waals surface area contributed by atoms with Crippen LogP contribution in [0.15, 0.2) is 15.2 Å². The van der Waals surface area contributed by atoms with Gasteiger partial charge in [0.05, 0.1) is 10.4 Å². The molecule has 0 bridgehead atoms. The van der Waals surface area contributed by atoms with Crippen molar-refractivity contribution in [2.24, 2.45) is 0 Å². The van der Waals surface area contributed by atoms with Crippen molar-refractivity contribution >= 4 is 33.2 Å². The van der Waals surface area contributed by atoms with E-state index in [9.17, 15) is 4.79 Å². The molecule has 0 spiro atoms. The molecule has 2 heterocycles. The Labute approximate surface area is 101 Å². The summed E-state index contributed by atoms with van der Waals surface area (Å²) in [4.78, 5) is 13.4. The molecule has 1 saturated heterocycles. The van der Waals surface area contributed by atoms with E-state index in [1.807, 2.05) is 11.9 Å². The Bertz CT molecular complexity index is 366. The van der Waals surface area contributed by atoms with Gasteiger partial charge in [-0.05, 0) is 40.0 Å². The van der Waals surface area contributed by atoms with E-state index in [0.29, 0.717) is 6.61 Å². The molecule has 3 nitrogen and oxygen atoms in total. The first-order valence-electron chi connectivity index (χ1n) is 4.76. The standard InChI is InChI=1S/C10H12BrNO2S/c1-12(8-2-3-14-10(8)13)5-7-4-9(11)15-6-7/h4,6,8H,2-3,5H2,1H3. The number of carbonyl (C=O) groups is 1. The van der Waals surface area contributed by atoms with Crippen molar-refractivity contribution in [2.45, 2.75) is 19.0 Å². The predicted octanol–water partition coefficient (Wildman–Crippen LogP) is 2.26. The molecule has 0 N–H and O–H groups in total. The van der Waals surface area contributed by atoms with Gasteiger partial charge in [-0.1, -0.05) is 0 Å². The Morgan fingerprint density at radius 3 is 3.07 bits per heavy atom. The number of carbonyl (C=O) groups excluding carboxylic acids is 1. The van der Waals surface area contributed by atoms with Crippen LogP contribution in [0, 0.1) is 0 Å². The van der Waals surface area contributed by atoms with Crippen LogP contribution in [0.5, 0.6) is 0 Å². The number of cyclic esters (lactones) is 1. The summed E-state index contributed by atoms with van der Waals surface area (Å²) in [6, 6.07) is 2.02. The number of esters is 1. The second-order valence-electron chi connectivity index (χ2n) is 3.65. The largest absolute Gasteiger partial charge is 0.464 e. The SMILES string of the molecule is CN(Cc1csc(Br)c1)C1CCOC1=O. The fourth-order valence-corrected chi connectivity index (χ4v) is 2.91. The van der Waals surface area contributed by atoms with Crippen molar-refractivity contribution in [1.82, 2.24) is 4.90 Å². The van der Waals surface area contributed by atoms with Crippen LogP contribution in [-0.2, 0) is 16.1 Å². The molecule has 1 atom stereocenters. The lowest BCUT2D eigenvalue weighted by Crippen LogP contribution is -2.34. The normalized spacial score (nSPS) is 21.0. The summed E-state index contributed by atoms with van der Waals surface area (Å²) in [7, 11) is 1.96. The summed E-state index contributed by atoms with van der Waals surface area (Å²) in [6.07, 6.45) is 0.806. The van der Waals surface area contributed by atoms with Crippen LogP contribution >= 0.6 is 27.3 Å². The van der Waals surface area contributed by atoms with E-state index >= 15 is 0 Å². The summed E-state index contributed by atoms with van der Waals surface area (Å²) in [5, 5.41) is 2.10. The lowest BCUT2D eigenvalue weighted by molar-refractivity contribution is -0.142. The van der Waals surface area contributed by atoms with Crippen LogP contribution in [0.1, 0.15) is 12.0 Å². The molecule has 0 aliphatic carbocycles. The summed E-state index contributed by atoms with van der Waals surface area (Å²) >= 11 is 5.09. The molecule has 82 valence electrons. The average molecular weight is 290 g/mol. The first-order valence-corrected chi connectivity index (χ1v) is 6.44. The van der Waals surface area contributed by atoms with Crippen molar-refractivity contribution in [3.63, 3.8) is 0 Å². The minimum absolute atomic E-state index is 0.0660. The maximum atomic E-state index is 11.3. The van der Waals surface area contributed by atoms with Gasteiger partial charge in [0.15, 0.2) is 0 Å². The van der Waals surface area contributed by atoms with Gasteiger partial charge >= 0.3 is 5.97 Å². The first-order chi connectivity index (χ1) is 7.16. The van der Waals surface area contributed by atoms with Crippen LogP contribution in [0.3, 0.4) is 0 Å². The maximum absolute atomic E-state index is 11.3. The second-order valence-corrected chi connectivity index (χ2v) is 5.94. The van der Waals surface area contributed by atoms with Gasteiger partial charge in [-0.3, -0.25) is 9.69 Å². The molecule has 1 unspecified atom stereocenters. The van der Waals surface area contributed by atoms with Gasteiger partial charge in [0.1, 0.15) is 6.04 Å². The zero-order valence-electron chi connectivity index (χ0n) is 8.40. The maximum Gasteiger partial charge on any atom is 0.323 e.